The molecule has 0 spiro atoms. The average molecular weight is 553 g/mol. The van der Waals surface area contributed by atoms with Crippen molar-refractivity contribution in [2.75, 3.05) is 26.1 Å². The SMILES string of the molecule is CO[C@@H]1CCOC[C@H]1N(Cc1ccc(-c2c(F)cccc2F)cc1F)C(=O)c1cc2nc(N)c3c(c2[nH]1)COC3. The first-order valence-corrected chi connectivity index (χ1v) is 12.9. The highest BCUT2D eigenvalue weighted by Gasteiger charge is 2.36. The van der Waals surface area contributed by atoms with E-state index in [2.05, 4.69) is 9.97 Å². The van der Waals surface area contributed by atoms with Crippen molar-refractivity contribution in [3.05, 3.63) is 82.3 Å². The summed E-state index contributed by atoms with van der Waals surface area (Å²) < 4.78 is 61.0. The van der Waals surface area contributed by atoms with Crippen LogP contribution < -0.4 is 5.73 Å². The number of carbonyl (C=O) groups excluding carboxylic acids is 1. The quantitative estimate of drug-likeness (QED) is 0.359. The minimum atomic E-state index is -0.795. The van der Waals surface area contributed by atoms with Crippen LogP contribution in [-0.4, -0.2) is 53.2 Å². The Morgan fingerprint density at radius 3 is 2.62 bits per heavy atom. The maximum Gasteiger partial charge on any atom is 0.271 e. The number of benzene rings is 2. The molecular weight excluding hydrogens is 525 g/mol. The van der Waals surface area contributed by atoms with Gasteiger partial charge in [0.05, 0.1) is 48.6 Å². The molecule has 208 valence electrons. The fraction of sp³-hybridized carbons (Fsp3) is 0.310. The van der Waals surface area contributed by atoms with E-state index < -0.39 is 29.4 Å². The van der Waals surface area contributed by atoms with E-state index in [-0.39, 0.29) is 41.6 Å². The molecule has 0 bridgehead atoms. The zero-order valence-corrected chi connectivity index (χ0v) is 21.7. The van der Waals surface area contributed by atoms with Crippen molar-refractivity contribution in [3.63, 3.8) is 0 Å². The topological polar surface area (TPSA) is 103 Å². The molecule has 6 rings (SSSR count). The molecule has 40 heavy (non-hydrogen) atoms. The lowest BCUT2D eigenvalue weighted by Crippen LogP contribution is -2.52. The van der Waals surface area contributed by atoms with Crippen LogP contribution in [0.2, 0.25) is 0 Å². The number of ether oxygens (including phenoxy) is 3. The molecule has 0 saturated carbocycles. The number of nitrogens with one attached hydrogen (secondary N) is 1. The van der Waals surface area contributed by atoms with Gasteiger partial charge >= 0.3 is 0 Å². The first kappa shape index (κ1) is 26.3. The molecule has 0 unspecified atom stereocenters. The molecular formula is C29H27F3N4O4. The Morgan fingerprint density at radius 2 is 1.88 bits per heavy atom. The number of nitrogens with zero attached hydrogens (tertiary/aromatic N) is 2. The molecule has 0 aliphatic carbocycles. The fourth-order valence-electron chi connectivity index (χ4n) is 5.51. The Kier molecular flexibility index (Phi) is 6.95. The number of pyridine rings is 1. The van der Waals surface area contributed by atoms with Crippen molar-refractivity contribution >= 4 is 22.8 Å². The Labute approximate surface area is 227 Å². The Hall–Kier alpha value is -3.93. The van der Waals surface area contributed by atoms with Crippen LogP contribution in [0.25, 0.3) is 22.2 Å². The minimum absolute atomic E-state index is 0.0563. The molecule has 0 radical (unpaired) electrons. The lowest BCUT2D eigenvalue weighted by molar-refractivity contribution is -0.0716. The summed E-state index contributed by atoms with van der Waals surface area (Å²) in [4.78, 5) is 23.1. The van der Waals surface area contributed by atoms with E-state index >= 15 is 4.39 Å². The molecule has 4 aromatic rings. The number of rotatable bonds is 6. The number of nitrogen functional groups attached to an aromatic ring is 1. The second-order valence-corrected chi connectivity index (χ2v) is 9.93. The highest BCUT2D eigenvalue weighted by molar-refractivity contribution is 5.98. The van der Waals surface area contributed by atoms with Gasteiger partial charge in [0, 0.05) is 37.0 Å². The average Bonchev–Trinajstić information content (AvgIpc) is 3.60. The van der Waals surface area contributed by atoms with E-state index in [4.69, 9.17) is 19.9 Å². The van der Waals surface area contributed by atoms with Gasteiger partial charge in [0.15, 0.2) is 0 Å². The maximum absolute atomic E-state index is 15.4. The van der Waals surface area contributed by atoms with Crippen molar-refractivity contribution in [2.24, 2.45) is 0 Å². The largest absolute Gasteiger partial charge is 0.383 e. The van der Waals surface area contributed by atoms with Gasteiger partial charge in [0.25, 0.3) is 5.91 Å². The van der Waals surface area contributed by atoms with Crippen molar-refractivity contribution in [3.8, 4) is 11.1 Å². The Balaban J connectivity index is 1.37. The lowest BCUT2D eigenvalue weighted by atomic mass is 10.00. The van der Waals surface area contributed by atoms with Crippen LogP contribution in [0, 0.1) is 17.5 Å². The van der Waals surface area contributed by atoms with Gasteiger partial charge < -0.3 is 29.8 Å². The minimum Gasteiger partial charge on any atom is -0.383 e. The summed E-state index contributed by atoms with van der Waals surface area (Å²) >= 11 is 0. The molecule has 1 fully saturated rings. The number of H-pyrrole nitrogens is 1. The second-order valence-electron chi connectivity index (χ2n) is 9.93. The van der Waals surface area contributed by atoms with Gasteiger partial charge in [0.2, 0.25) is 0 Å². The zero-order chi connectivity index (χ0) is 28.0. The van der Waals surface area contributed by atoms with Crippen LogP contribution in [0.4, 0.5) is 19.0 Å². The number of hydrogen-bond donors (Lipinski definition) is 2. The zero-order valence-electron chi connectivity index (χ0n) is 21.7. The molecule has 1 saturated heterocycles. The van der Waals surface area contributed by atoms with Crippen LogP contribution in [0.5, 0.6) is 0 Å². The normalized spacial score (nSPS) is 18.7. The van der Waals surface area contributed by atoms with Gasteiger partial charge in [-0.2, -0.15) is 0 Å². The van der Waals surface area contributed by atoms with Crippen LogP contribution >= 0.6 is 0 Å². The van der Waals surface area contributed by atoms with Crippen LogP contribution in [0.1, 0.15) is 33.6 Å². The third kappa shape index (κ3) is 4.59. The van der Waals surface area contributed by atoms with Crippen molar-refractivity contribution in [2.45, 2.75) is 38.3 Å². The van der Waals surface area contributed by atoms with Gasteiger partial charge in [-0.1, -0.05) is 18.2 Å². The molecule has 1 amide bonds. The molecule has 2 atom stereocenters. The van der Waals surface area contributed by atoms with E-state index in [1.54, 1.807) is 13.2 Å². The van der Waals surface area contributed by atoms with Gasteiger partial charge in [0.1, 0.15) is 29.0 Å². The van der Waals surface area contributed by atoms with Crippen LogP contribution in [0.3, 0.4) is 0 Å². The monoisotopic (exact) mass is 552 g/mol. The molecule has 3 N–H and O–H groups in total. The van der Waals surface area contributed by atoms with E-state index in [0.717, 1.165) is 29.3 Å². The van der Waals surface area contributed by atoms with E-state index in [9.17, 15) is 13.6 Å². The summed E-state index contributed by atoms with van der Waals surface area (Å²) in [6, 6.07) is 8.51. The van der Waals surface area contributed by atoms with Gasteiger partial charge in [-0.3, -0.25) is 4.79 Å². The number of fused-ring (bicyclic) bond motifs is 3. The molecule has 2 aromatic carbocycles. The van der Waals surface area contributed by atoms with E-state index in [0.29, 0.717) is 43.1 Å². The Morgan fingerprint density at radius 1 is 1.10 bits per heavy atom. The molecule has 8 nitrogen and oxygen atoms in total. The summed E-state index contributed by atoms with van der Waals surface area (Å²) in [5.74, 6) is -2.36. The summed E-state index contributed by atoms with van der Waals surface area (Å²) in [6.07, 6.45) is 0.206. The van der Waals surface area contributed by atoms with Crippen molar-refractivity contribution < 1.29 is 32.2 Å². The number of methoxy groups -OCH3 is 1. The molecule has 2 aromatic heterocycles. The molecule has 4 heterocycles. The number of hydrogen-bond acceptors (Lipinski definition) is 6. The summed E-state index contributed by atoms with van der Waals surface area (Å²) in [5, 5.41) is 0. The first-order chi connectivity index (χ1) is 19.4. The summed E-state index contributed by atoms with van der Waals surface area (Å²) in [5.41, 5.74) is 9.09. The van der Waals surface area contributed by atoms with Gasteiger partial charge in [-0.05, 0) is 36.2 Å². The number of aromatic nitrogens is 2. The third-order valence-electron chi connectivity index (χ3n) is 7.61. The number of halogens is 3. The Bertz CT molecular complexity index is 1590. The predicted molar refractivity (Wildman–Crippen MR) is 141 cm³/mol. The smallest absolute Gasteiger partial charge is 0.271 e. The molecule has 11 heteroatoms. The highest BCUT2D eigenvalue weighted by atomic mass is 19.1. The number of carbonyl (C=O) groups is 1. The van der Waals surface area contributed by atoms with Gasteiger partial charge in [-0.15, -0.1) is 0 Å². The van der Waals surface area contributed by atoms with Crippen molar-refractivity contribution in [1.82, 2.24) is 14.9 Å². The first-order valence-electron chi connectivity index (χ1n) is 12.9. The second kappa shape index (κ2) is 10.6. The standard InChI is InChI=1S/C29H27F3N4O4/c1-38-25-7-8-39-14-24(25)36(11-16-6-5-15(9-21(16)32)26-19(30)3-2-4-20(26)31)29(37)23-10-22-27(34-23)17-12-40-13-18(17)28(33)35-22/h2-6,9-10,24-25,34H,7-8,11-14H2,1H3,(H2,33,35)/t24-,25-/m1/s1. The summed E-state index contributed by atoms with van der Waals surface area (Å²) in [7, 11) is 1.56. The molecule has 2 aliphatic heterocycles. The van der Waals surface area contributed by atoms with E-state index in [1.807, 2.05) is 0 Å². The number of amides is 1. The number of anilines is 1. The van der Waals surface area contributed by atoms with Crippen LogP contribution in [-0.2, 0) is 34.0 Å². The van der Waals surface area contributed by atoms with E-state index in [1.165, 1.54) is 23.1 Å². The third-order valence-corrected chi connectivity index (χ3v) is 7.61. The summed E-state index contributed by atoms with van der Waals surface area (Å²) in [6.45, 7) is 1.22. The lowest BCUT2D eigenvalue weighted by Gasteiger charge is -2.39. The van der Waals surface area contributed by atoms with Crippen molar-refractivity contribution in [1.29, 1.82) is 0 Å². The molecule has 2 aliphatic rings. The predicted octanol–water partition coefficient (Wildman–Crippen LogP) is 4.71. The fourth-order valence-corrected chi connectivity index (χ4v) is 5.51. The van der Waals surface area contributed by atoms with Gasteiger partial charge in [-0.25, -0.2) is 18.2 Å². The number of aromatic amines is 1. The van der Waals surface area contributed by atoms with Crippen LogP contribution in [0.15, 0.2) is 42.5 Å². The maximum atomic E-state index is 15.4. The highest BCUT2D eigenvalue weighted by Crippen LogP contribution is 2.33. The number of nitrogens with two attached hydrogens (primary N) is 1.